The molecule has 1 aromatic heterocycles. The number of amides is 1. The molecule has 1 aliphatic carbocycles. The van der Waals surface area contributed by atoms with E-state index in [1.54, 1.807) is 42.5 Å². The highest BCUT2D eigenvalue weighted by Crippen LogP contribution is 2.32. The van der Waals surface area contributed by atoms with Crippen molar-refractivity contribution in [3.8, 4) is 16.9 Å². The molecule has 0 spiro atoms. The van der Waals surface area contributed by atoms with Crippen LogP contribution in [0.5, 0.6) is 5.75 Å². The molecule has 1 fully saturated rings. The molecule has 6 heteroatoms. The summed E-state index contributed by atoms with van der Waals surface area (Å²) < 4.78 is 5.39. The van der Waals surface area contributed by atoms with Crippen molar-refractivity contribution in [3.05, 3.63) is 89.6 Å². The second-order valence-electron chi connectivity index (χ2n) is 10.0. The average Bonchev–Trinajstić information content (AvgIpc) is 2.95. The van der Waals surface area contributed by atoms with E-state index in [1.807, 2.05) is 19.1 Å². The fourth-order valence-electron chi connectivity index (χ4n) is 5.38. The minimum absolute atomic E-state index is 0.0272. The number of pyridine rings is 1. The third kappa shape index (κ3) is 5.25. The number of rotatable bonds is 7. The van der Waals surface area contributed by atoms with Crippen LogP contribution in [0.15, 0.2) is 72.9 Å². The lowest BCUT2D eigenvalue weighted by atomic mass is 9.88. The minimum Gasteiger partial charge on any atom is -0.496 e. The summed E-state index contributed by atoms with van der Waals surface area (Å²) in [5, 5.41) is 11.0. The average molecular weight is 509 g/mol. The summed E-state index contributed by atoms with van der Waals surface area (Å²) in [6.07, 6.45) is 6.72. The van der Waals surface area contributed by atoms with E-state index in [4.69, 9.17) is 4.74 Å². The van der Waals surface area contributed by atoms with E-state index < -0.39 is 5.97 Å². The summed E-state index contributed by atoms with van der Waals surface area (Å²) in [5.41, 5.74) is 4.49. The van der Waals surface area contributed by atoms with Gasteiger partial charge in [-0.1, -0.05) is 49.6 Å². The number of methoxy groups -OCH3 is 1. The van der Waals surface area contributed by atoms with Gasteiger partial charge in [0, 0.05) is 17.5 Å². The van der Waals surface area contributed by atoms with Gasteiger partial charge in [-0.2, -0.15) is 0 Å². The molecular formula is C32H32N2O4. The number of aryl methyl sites for hydroxylation is 1. The maximum Gasteiger partial charge on any atom is 0.335 e. The Labute approximate surface area is 222 Å². The van der Waals surface area contributed by atoms with E-state index in [0.717, 1.165) is 64.5 Å². The Morgan fingerprint density at radius 2 is 1.68 bits per heavy atom. The van der Waals surface area contributed by atoms with Gasteiger partial charge in [0.05, 0.1) is 19.2 Å². The molecule has 1 amide bonds. The van der Waals surface area contributed by atoms with Crippen molar-refractivity contribution in [2.45, 2.75) is 45.6 Å². The van der Waals surface area contributed by atoms with Crippen molar-refractivity contribution in [2.75, 3.05) is 12.0 Å². The zero-order valence-corrected chi connectivity index (χ0v) is 21.8. The van der Waals surface area contributed by atoms with Crippen molar-refractivity contribution in [1.29, 1.82) is 0 Å². The number of fused-ring (bicyclic) bond motifs is 1. The number of carboxylic acid groups (broad SMARTS) is 1. The maximum absolute atomic E-state index is 13.9. The minimum atomic E-state index is -0.979. The van der Waals surface area contributed by atoms with E-state index in [0.29, 0.717) is 12.4 Å². The number of hydrogen-bond donors (Lipinski definition) is 1. The molecule has 194 valence electrons. The zero-order valence-electron chi connectivity index (χ0n) is 21.8. The number of nitrogens with zero attached hydrogens (tertiary/aromatic N) is 2. The molecule has 0 aliphatic heterocycles. The van der Waals surface area contributed by atoms with E-state index in [-0.39, 0.29) is 17.4 Å². The Morgan fingerprint density at radius 3 is 2.37 bits per heavy atom. The van der Waals surface area contributed by atoms with Crippen molar-refractivity contribution < 1.29 is 19.4 Å². The van der Waals surface area contributed by atoms with Crippen LogP contribution in [0, 0.1) is 12.8 Å². The lowest BCUT2D eigenvalue weighted by Gasteiger charge is -2.29. The number of benzene rings is 3. The molecule has 3 aromatic carbocycles. The molecule has 4 aromatic rings. The van der Waals surface area contributed by atoms with Crippen molar-refractivity contribution in [2.24, 2.45) is 5.92 Å². The van der Waals surface area contributed by atoms with E-state index in [9.17, 15) is 14.7 Å². The van der Waals surface area contributed by atoms with Gasteiger partial charge in [0.15, 0.2) is 0 Å². The summed E-state index contributed by atoms with van der Waals surface area (Å²) >= 11 is 0. The van der Waals surface area contributed by atoms with Crippen LogP contribution >= 0.6 is 0 Å². The molecular weight excluding hydrogens is 476 g/mol. The van der Waals surface area contributed by atoms with Gasteiger partial charge >= 0.3 is 5.97 Å². The molecule has 0 bridgehead atoms. The number of ether oxygens (including phenoxy) is 1. The smallest absolute Gasteiger partial charge is 0.335 e. The normalized spacial score (nSPS) is 13.8. The number of carbonyl (C=O) groups excluding carboxylic acids is 1. The predicted octanol–water partition coefficient (Wildman–Crippen LogP) is 7.03. The number of aromatic nitrogens is 1. The molecule has 38 heavy (non-hydrogen) atoms. The monoisotopic (exact) mass is 508 g/mol. The highest BCUT2D eigenvalue weighted by molar-refractivity contribution is 6.04. The lowest BCUT2D eigenvalue weighted by Crippen LogP contribution is -2.37. The largest absolute Gasteiger partial charge is 0.496 e. The Hall–Kier alpha value is -4.19. The Kier molecular flexibility index (Phi) is 7.40. The second-order valence-corrected chi connectivity index (χ2v) is 10.0. The first-order chi connectivity index (χ1) is 18.4. The van der Waals surface area contributed by atoms with Crippen LogP contribution in [0.25, 0.3) is 21.9 Å². The fourth-order valence-corrected chi connectivity index (χ4v) is 5.38. The van der Waals surface area contributed by atoms with Gasteiger partial charge in [-0.15, -0.1) is 0 Å². The highest BCUT2D eigenvalue weighted by Gasteiger charge is 2.29. The molecule has 0 radical (unpaired) electrons. The summed E-state index contributed by atoms with van der Waals surface area (Å²) in [5.74, 6) is 0.514. The van der Waals surface area contributed by atoms with Crippen molar-refractivity contribution in [3.63, 3.8) is 0 Å². The third-order valence-corrected chi connectivity index (χ3v) is 7.49. The highest BCUT2D eigenvalue weighted by atomic mass is 16.5. The topological polar surface area (TPSA) is 79.7 Å². The molecule has 5 rings (SSSR count). The lowest BCUT2D eigenvalue weighted by molar-refractivity contribution is -0.123. The van der Waals surface area contributed by atoms with Crippen molar-refractivity contribution in [1.82, 2.24) is 4.98 Å². The van der Waals surface area contributed by atoms with Gasteiger partial charge in [-0.05, 0) is 83.8 Å². The van der Waals surface area contributed by atoms with E-state index in [2.05, 4.69) is 35.3 Å². The van der Waals surface area contributed by atoms with Crippen LogP contribution in [-0.4, -0.2) is 29.1 Å². The number of carbonyl (C=O) groups is 2. The predicted molar refractivity (Wildman–Crippen MR) is 150 cm³/mol. The molecule has 1 heterocycles. The standard InChI is InChI=1S/C32H32N2O4/c1-21-18-25(13-15-29(21)38-2)23-10-8-22(9-11-23)20-34(31(35)24-6-4-3-5-7-24)30-28-14-12-27(32(36)37)19-26(28)16-17-33-30/h8-19,24H,3-7,20H2,1-2H3,(H,36,37). The van der Waals surface area contributed by atoms with Crippen LogP contribution in [0.3, 0.4) is 0 Å². The summed E-state index contributed by atoms with van der Waals surface area (Å²) in [6.45, 7) is 2.42. The number of aromatic carboxylic acids is 1. The zero-order chi connectivity index (χ0) is 26.6. The van der Waals surface area contributed by atoms with Gasteiger partial charge in [0.25, 0.3) is 0 Å². The Morgan fingerprint density at radius 1 is 0.947 bits per heavy atom. The molecule has 1 aliphatic rings. The van der Waals surface area contributed by atoms with Gasteiger partial charge in [0.1, 0.15) is 11.6 Å². The fraction of sp³-hybridized carbons (Fsp3) is 0.281. The van der Waals surface area contributed by atoms with Gasteiger partial charge < -0.3 is 9.84 Å². The number of anilines is 1. The second kappa shape index (κ2) is 11.1. The molecule has 1 N–H and O–H groups in total. The molecule has 1 saturated carbocycles. The van der Waals surface area contributed by atoms with Crippen LogP contribution in [0.2, 0.25) is 0 Å². The van der Waals surface area contributed by atoms with Gasteiger partial charge in [-0.25, -0.2) is 9.78 Å². The molecule has 0 atom stereocenters. The summed E-state index contributed by atoms with van der Waals surface area (Å²) in [7, 11) is 1.67. The quantitative estimate of drug-likeness (QED) is 0.290. The summed E-state index contributed by atoms with van der Waals surface area (Å²) in [6, 6.07) is 21.2. The first kappa shape index (κ1) is 25.5. The number of hydrogen-bond acceptors (Lipinski definition) is 4. The maximum atomic E-state index is 13.9. The van der Waals surface area contributed by atoms with E-state index in [1.165, 1.54) is 6.42 Å². The van der Waals surface area contributed by atoms with Gasteiger partial charge in [-0.3, -0.25) is 9.69 Å². The first-order valence-corrected chi connectivity index (χ1v) is 13.1. The molecule has 0 unspecified atom stereocenters. The third-order valence-electron chi connectivity index (χ3n) is 7.49. The Bertz CT molecular complexity index is 1470. The van der Waals surface area contributed by atoms with Gasteiger partial charge in [0.2, 0.25) is 5.91 Å². The first-order valence-electron chi connectivity index (χ1n) is 13.1. The molecule has 6 nitrogen and oxygen atoms in total. The van der Waals surface area contributed by atoms with Crippen molar-refractivity contribution >= 4 is 28.5 Å². The van der Waals surface area contributed by atoms with Crippen LogP contribution in [-0.2, 0) is 11.3 Å². The van der Waals surface area contributed by atoms with Crippen LogP contribution < -0.4 is 9.64 Å². The van der Waals surface area contributed by atoms with Crippen LogP contribution in [0.1, 0.15) is 53.6 Å². The van der Waals surface area contributed by atoms with E-state index >= 15 is 0 Å². The van der Waals surface area contributed by atoms with Crippen LogP contribution in [0.4, 0.5) is 5.82 Å². The Balaban J connectivity index is 1.49. The summed E-state index contributed by atoms with van der Waals surface area (Å²) in [4.78, 5) is 31.8. The molecule has 0 saturated heterocycles. The SMILES string of the molecule is COc1ccc(-c2ccc(CN(C(=O)C3CCCCC3)c3nccc4cc(C(=O)O)ccc34)cc2)cc1C. The number of carboxylic acids is 1.